The summed E-state index contributed by atoms with van der Waals surface area (Å²) in [6.45, 7) is 2.78. The molecule has 0 aromatic rings. The fraction of sp³-hybridized carbons (Fsp3) is 0.923. The number of amides is 1. The molecule has 0 spiro atoms. The lowest BCUT2D eigenvalue weighted by molar-refractivity contribution is -0.122. The van der Waals surface area contributed by atoms with Crippen molar-refractivity contribution in [3.05, 3.63) is 0 Å². The fourth-order valence-electron chi connectivity index (χ4n) is 2.47. The van der Waals surface area contributed by atoms with E-state index in [1.165, 1.54) is 45.4 Å². The summed E-state index contributed by atoms with van der Waals surface area (Å²) in [5.41, 5.74) is 0. The largest absolute Gasteiger partial charge is 0.353 e. The average Bonchev–Trinajstić information content (AvgIpc) is 2.60. The highest BCUT2D eigenvalue weighted by molar-refractivity contribution is 7.88. The third kappa shape index (κ3) is 7.81. The highest BCUT2D eigenvalue weighted by atomic mass is 32.2. The molecule has 3 N–H and O–H groups in total. The molecule has 0 radical (unpaired) electrons. The minimum absolute atomic E-state index is 0.293. The molecule has 0 aliphatic heterocycles. The van der Waals surface area contributed by atoms with Crippen LogP contribution in [-0.4, -0.2) is 45.8 Å². The van der Waals surface area contributed by atoms with E-state index in [2.05, 4.69) is 15.4 Å². The van der Waals surface area contributed by atoms with Gasteiger partial charge >= 0.3 is 0 Å². The van der Waals surface area contributed by atoms with Crippen molar-refractivity contribution in [3.63, 3.8) is 0 Å². The fourth-order valence-corrected chi connectivity index (χ4v) is 3.22. The summed E-state index contributed by atoms with van der Waals surface area (Å²) in [6, 6.07) is -0.177. The molecule has 1 atom stereocenters. The van der Waals surface area contributed by atoms with Gasteiger partial charge in [0.25, 0.3) is 0 Å². The number of hydrogen-bond acceptors (Lipinski definition) is 4. The molecule has 118 valence electrons. The Hall–Kier alpha value is -0.660. The first-order valence-electron chi connectivity index (χ1n) is 7.37. The predicted molar refractivity (Wildman–Crippen MR) is 79.9 cm³/mol. The van der Waals surface area contributed by atoms with Gasteiger partial charge in [-0.1, -0.05) is 25.7 Å². The second-order valence-electron chi connectivity index (χ2n) is 5.55. The van der Waals surface area contributed by atoms with Crippen LogP contribution in [0, 0.1) is 0 Å². The Morgan fingerprint density at radius 3 is 2.30 bits per heavy atom. The number of carbonyl (C=O) groups is 1. The van der Waals surface area contributed by atoms with Gasteiger partial charge in [0.05, 0.1) is 12.3 Å². The van der Waals surface area contributed by atoms with Crippen LogP contribution in [0.1, 0.15) is 45.4 Å². The molecular formula is C13H27N3O3S. The summed E-state index contributed by atoms with van der Waals surface area (Å²) in [5, 5.41) is 6.18. The molecule has 1 fully saturated rings. The number of nitrogens with one attached hydrogen (secondary N) is 3. The highest BCUT2D eigenvalue weighted by Crippen LogP contribution is 2.16. The Morgan fingerprint density at radius 1 is 1.15 bits per heavy atom. The van der Waals surface area contributed by atoms with E-state index < -0.39 is 16.1 Å². The molecule has 6 nitrogen and oxygen atoms in total. The first-order chi connectivity index (χ1) is 9.38. The second kappa shape index (κ2) is 8.59. The molecule has 1 rings (SSSR count). The lowest BCUT2D eigenvalue weighted by atomic mass is 10.1. The van der Waals surface area contributed by atoms with Crippen molar-refractivity contribution in [2.24, 2.45) is 0 Å². The van der Waals surface area contributed by atoms with Gasteiger partial charge in [0.15, 0.2) is 0 Å². The molecule has 1 aliphatic carbocycles. The van der Waals surface area contributed by atoms with Gasteiger partial charge in [-0.2, -0.15) is 0 Å². The van der Waals surface area contributed by atoms with E-state index in [0.29, 0.717) is 12.6 Å². The number of carbonyl (C=O) groups excluding carboxylic acids is 1. The van der Waals surface area contributed by atoms with Crippen LogP contribution in [-0.2, 0) is 14.8 Å². The van der Waals surface area contributed by atoms with Gasteiger partial charge in [-0.3, -0.25) is 4.79 Å². The molecule has 1 unspecified atom stereocenters. The molecular weight excluding hydrogens is 278 g/mol. The smallest absolute Gasteiger partial charge is 0.237 e. The Morgan fingerprint density at radius 2 is 1.75 bits per heavy atom. The zero-order valence-electron chi connectivity index (χ0n) is 12.4. The topological polar surface area (TPSA) is 87.3 Å². The molecule has 1 aliphatic rings. The molecule has 0 heterocycles. The molecule has 1 saturated carbocycles. The Balaban J connectivity index is 2.15. The van der Waals surface area contributed by atoms with E-state index in [1.807, 2.05) is 0 Å². The third-order valence-corrected chi connectivity index (χ3v) is 4.28. The number of sulfonamides is 1. The zero-order valence-corrected chi connectivity index (χ0v) is 13.3. The Kier molecular flexibility index (Phi) is 7.47. The molecule has 1 amide bonds. The minimum atomic E-state index is -3.35. The molecule has 20 heavy (non-hydrogen) atoms. The quantitative estimate of drug-likeness (QED) is 0.468. The summed E-state index contributed by atoms with van der Waals surface area (Å²) < 4.78 is 24.3. The average molecular weight is 305 g/mol. The van der Waals surface area contributed by atoms with Crippen LogP contribution in [0.4, 0.5) is 0 Å². The summed E-state index contributed by atoms with van der Waals surface area (Å²) >= 11 is 0. The summed E-state index contributed by atoms with van der Waals surface area (Å²) in [5.74, 6) is -0.293. The van der Waals surface area contributed by atoms with Crippen molar-refractivity contribution in [3.8, 4) is 0 Å². The predicted octanol–water partition coefficient (Wildman–Crippen LogP) is 0.353. The van der Waals surface area contributed by atoms with Crippen molar-refractivity contribution < 1.29 is 13.2 Å². The van der Waals surface area contributed by atoms with E-state index >= 15 is 0 Å². The SMILES string of the molecule is CC(NS(C)(=O)=O)C(=O)NCCNC1CCCCCC1. The maximum Gasteiger partial charge on any atom is 0.237 e. The normalized spacial score (nSPS) is 19.3. The van der Waals surface area contributed by atoms with Crippen LogP contribution in [0.15, 0.2) is 0 Å². The van der Waals surface area contributed by atoms with Crippen LogP contribution in [0.2, 0.25) is 0 Å². The van der Waals surface area contributed by atoms with Gasteiger partial charge in [-0.15, -0.1) is 0 Å². The van der Waals surface area contributed by atoms with E-state index in [-0.39, 0.29) is 5.91 Å². The van der Waals surface area contributed by atoms with Gasteiger partial charge in [0, 0.05) is 19.1 Å². The maximum absolute atomic E-state index is 11.7. The minimum Gasteiger partial charge on any atom is -0.353 e. The van der Waals surface area contributed by atoms with Crippen molar-refractivity contribution in [1.82, 2.24) is 15.4 Å². The van der Waals surface area contributed by atoms with Crippen molar-refractivity contribution in [2.75, 3.05) is 19.3 Å². The maximum atomic E-state index is 11.7. The lowest BCUT2D eigenvalue weighted by Crippen LogP contribution is -2.46. The summed E-state index contributed by atoms with van der Waals surface area (Å²) in [7, 11) is -3.35. The molecule has 7 heteroatoms. The first kappa shape index (κ1) is 17.4. The van der Waals surface area contributed by atoms with Crippen LogP contribution < -0.4 is 15.4 Å². The number of hydrogen-bond donors (Lipinski definition) is 3. The monoisotopic (exact) mass is 305 g/mol. The van der Waals surface area contributed by atoms with Crippen molar-refractivity contribution >= 4 is 15.9 Å². The van der Waals surface area contributed by atoms with E-state index in [0.717, 1.165) is 12.8 Å². The third-order valence-electron chi connectivity index (χ3n) is 3.50. The van der Waals surface area contributed by atoms with Crippen LogP contribution >= 0.6 is 0 Å². The molecule has 0 aromatic carbocycles. The van der Waals surface area contributed by atoms with Gasteiger partial charge in [0.2, 0.25) is 15.9 Å². The molecule has 0 aromatic heterocycles. The second-order valence-corrected chi connectivity index (χ2v) is 7.33. The molecule has 0 saturated heterocycles. The molecule has 0 bridgehead atoms. The van der Waals surface area contributed by atoms with Crippen molar-refractivity contribution in [1.29, 1.82) is 0 Å². The van der Waals surface area contributed by atoms with E-state index in [1.54, 1.807) is 0 Å². The van der Waals surface area contributed by atoms with Gasteiger partial charge in [0.1, 0.15) is 0 Å². The Labute approximate surface area is 122 Å². The summed E-state index contributed by atoms with van der Waals surface area (Å²) in [4.78, 5) is 11.7. The van der Waals surface area contributed by atoms with Gasteiger partial charge < -0.3 is 10.6 Å². The first-order valence-corrected chi connectivity index (χ1v) is 9.26. The van der Waals surface area contributed by atoms with E-state index in [4.69, 9.17) is 0 Å². The van der Waals surface area contributed by atoms with Crippen LogP contribution in [0.5, 0.6) is 0 Å². The van der Waals surface area contributed by atoms with Crippen LogP contribution in [0.3, 0.4) is 0 Å². The number of rotatable bonds is 7. The lowest BCUT2D eigenvalue weighted by Gasteiger charge is -2.17. The Bertz CT molecular complexity index is 390. The van der Waals surface area contributed by atoms with Gasteiger partial charge in [-0.25, -0.2) is 13.1 Å². The van der Waals surface area contributed by atoms with Gasteiger partial charge in [-0.05, 0) is 19.8 Å². The zero-order chi connectivity index (χ0) is 15.0. The summed E-state index contributed by atoms with van der Waals surface area (Å²) in [6.07, 6.45) is 8.66. The van der Waals surface area contributed by atoms with Crippen molar-refractivity contribution in [2.45, 2.75) is 57.5 Å². The highest BCUT2D eigenvalue weighted by Gasteiger charge is 2.16. The van der Waals surface area contributed by atoms with E-state index in [9.17, 15) is 13.2 Å². The van der Waals surface area contributed by atoms with Crippen LogP contribution in [0.25, 0.3) is 0 Å². The standard InChI is InChI=1S/C13H27N3O3S/c1-11(16-20(2,18)19)13(17)15-10-9-14-12-7-5-3-4-6-8-12/h11-12,14,16H,3-10H2,1-2H3,(H,15,17).